The van der Waals surface area contributed by atoms with Crippen LogP contribution in [0.3, 0.4) is 0 Å². The van der Waals surface area contributed by atoms with E-state index in [-0.39, 0.29) is 0 Å². The van der Waals surface area contributed by atoms with Gasteiger partial charge >= 0.3 is 0 Å². The molecule has 0 aliphatic carbocycles. The first kappa shape index (κ1) is 13.0. The number of rotatable bonds is 2. The summed E-state index contributed by atoms with van der Waals surface area (Å²) in [4.78, 5) is 14.4. The van der Waals surface area contributed by atoms with Crippen LogP contribution in [0.1, 0.15) is 22.0 Å². The van der Waals surface area contributed by atoms with E-state index < -0.39 is 0 Å². The highest BCUT2D eigenvalue weighted by molar-refractivity contribution is 7.18. The molecular weight excluding hydrogens is 268 g/mol. The molecule has 1 N–H and O–H groups in total. The molecular formula is C15H16N4S. The summed E-state index contributed by atoms with van der Waals surface area (Å²) in [6.07, 6.45) is 0. The summed E-state index contributed by atoms with van der Waals surface area (Å²) in [5, 5.41) is 4.43. The van der Waals surface area contributed by atoms with Crippen molar-refractivity contribution in [2.45, 2.75) is 27.7 Å². The fraction of sp³-hybridized carbons (Fsp3) is 0.267. The molecule has 3 aromatic rings. The fourth-order valence-corrected chi connectivity index (χ4v) is 3.08. The Balaban J connectivity index is 2.15. The Labute approximate surface area is 121 Å². The molecule has 0 atom stereocenters. The number of nitrogens with one attached hydrogen (secondary N) is 1. The molecule has 0 saturated carbocycles. The van der Waals surface area contributed by atoms with Gasteiger partial charge in [0.15, 0.2) is 5.82 Å². The first-order chi connectivity index (χ1) is 9.54. The van der Waals surface area contributed by atoms with E-state index >= 15 is 0 Å². The first-order valence-electron chi connectivity index (χ1n) is 6.49. The van der Waals surface area contributed by atoms with Crippen LogP contribution in [0.25, 0.3) is 10.3 Å². The quantitative estimate of drug-likeness (QED) is 0.771. The molecule has 0 spiro atoms. The Morgan fingerprint density at radius 3 is 2.35 bits per heavy atom. The molecule has 0 saturated heterocycles. The van der Waals surface area contributed by atoms with Crippen molar-refractivity contribution in [1.29, 1.82) is 0 Å². The van der Waals surface area contributed by atoms with Crippen LogP contribution in [0.5, 0.6) is 0 Å². The van der Waals surface area contributed by atoms with Crippen molar-refractivity contribution in [3.05, 3.63) is 40.2 Å². The standard InChI is InChI=1S/C15H16N4S/c1-8-6-5-7-9(2)12(8)19-14-13-15(17-10(3)16-14)20-11(4)18-13/h5-7H,1-4H3,(H,16,17,19). The third kappa shape index (κ3) is 2.25. The van der Waals surface area contributed by atoms with Gasteiger partial charge in [0.25, 0.3) is 0 Å². The summed E-state index contributed by atoms with van der Waals surface area (Å²) in [7, 11) is 0. The van der Waals surface area contributed by atoms with Crippen LogP contribution in [0.2, 0.25) is 0 Å². The summed E-state index contributed by atoms with van der Waals surface area (Å²) in [6.45, 7) is 8.08. The normalized spacial score (nSPS) is 11.0. The molecule has 3 rings (SSSR count). The molecule has 2 aromatic heterocycles. The number of para-hydroxylation sites is 1. The highest BCUT2D eigenvalue weighted by Gasteiger charge is 2.12. The number of thiazole rings is 1. The van der Waals surface area contributed by atoms with Crippen LogP contribution < -0.4 is 5.32 Å². The lowest BCUT2D eigenvalue weighted by Crippen LogP contribution is -2.01. The third-order valence-electron chi connectivity index (χ3n) is 3.20. The lowest BCUT2D eigenvalue weighted by molar-refractivity contribution is 1.09. The Kier molecular flexibility index (Phi) is 3.14. The van der Waals surface area contributed by atoms with Crippen LogP contribution in [0.4, 0.5) is 11.5 Å². The van der Waals surface area contributed by atoms with Gasteiger partial charge in [-0.1, -0.05) is 29.5 Å². The zero-order valence-electron chi connectivity index (χ0n) is 12.0. The van der Waals surface area contributed by atoms with Gasteiger partial charge in [-0.3, -0.25) is 0 Å². The molecule has 0 radical (unpaired) electrons. The van der Waals surface area contributed by atoms with E-state index in [1.54, 1.807) is 11.3 Å². The van der Waals surface area contributed by atoms with Crippen molar-refractivity contribution in [2.75, 3.05) is 5.32 Å². The van der Waals surface area contributed by atoms with E-state index in [4.69, 9.17) is 0 Å². The Morgan fingerprint density at radius 1 is 0.950 bits per heavy atom. The van der Waals surface area contributed by atoms with Gasteiger partial charge in [-0.25, -0.2) is 15.0 Å². The number of hydrogen-bond acceptors (Lipinski definition) is 5. The maximum absolute atomic E-state index is 4.54. The van der Waals surface area contributed by atoms with Crippen molar-refractivity contribution in [2.24, 2.45) is 0 Å². The molecule has 0 unspecified atom stereocenters. The van der Waals surface area contributed by atoms with E-state index in [0.717, 1.165) is 32.7 Å². The van der Waals surface area contributed by atoms with Gasteiger partial charge in [0.1, 0.15) is 16.2 Å². The molecule has 102 valence electrons. The van der Waals surface area contributed by atoms with Crippen molar-refractivity contribution in [1.82, 2.24) is 15.0 Å². The van der Waals surface area contributed by atoms with Crippen LogP contribution in [-0.4, -0.2) is 15.0 Å². The molecule has 0 bridgehead atoms. The molecule has 4 nitrogen and oxygen atoms in total. The fourth-order valence-electron chi connectivity index (χ4n) is 2.25. The molecule has 0 aliphatic rings. The number of nitrogens with zero attached hydrogens (tertiary/aromatic N) is 3. The Bertz CT molecular complexity index is 772. The van der Waals surface area contributed by atoms with E-state index in [0.29, 0.717) is 0 Å². The number of fused-ring (bicyclic) bond motifs is 1. The summed E-state index contributed by atoms with van der Waals surface area (Å²) >= 11 is 1.60. The van der Waals surface area contributed by atoms with E-state index in [2.05, 4.69) is 52.3 Å². The number of anilines is 2. The Morgan fingerprint density at radius 2 is 1.65 bits per heavy atom. The van der Waals surface area contributed by atoms with Gasteiger partial charge in [0.2, 0.25) is 0 Å². The minimum Gasteiger partial charge on any atom is -0.338 e. The average Bonchev–Trinajstić information content (AvgIpc) is 2.74. The second-order valence-corrected chi connectivity index (χ2v) is 6.08. The minimum atomic E-state index is 0.759. The third-order valence-corrected chi connectivity index (χ3v) is 4.07. The number of aromatic nitrogens is 3. The highest BCUT2D eigenvalue weighted by atomic mass is 32.1. The van der Waals surface area contributed by atoms with Crippen molar-refractivity contribution in [3.8, 4) is 0 Å². The van der Waals surface area contributed by atoms with Gasteiger partial charge in [-0.15, -0.1) is 0 Å². The van der Waals surface area contributed by atoms with Crippen LogP contribution in [0, 0.1) is 27.7 Å². The zero-order chi connectivity index (χ0) is 14.3. The number of benzene rings is 1. The van der Waals surface area contributed by atoms with E-state index in [1.807, 2.05) is 13.8 Å². The maximum atomic E-state index is 4.54. The molecule has 1 aromatic carbocycles. The summed E-state index contributed by atoms with van der Waals surface area (Å²) in [6, 6.07) is 6.24. The summed E-state index contributed by atoms with van der Waals surface area (Å²) < 4.78 is 0. The monoisotopic (exact) mass is 284 g/mol. The lowest BCUT2D eigenvalue weighted by atomic mass is 10.1. The topological polar surface area (TPSA) is 50.7 Å². The summed E-state index contributed by atoms with van der Waals surface area (Å²) in [5.41, 5.74) is 4.33. The largest absolute Gasteiger partial charge is 0.338 e. The SMILES string of the molecule is Cc1nc(Nc2c(C)cccc2C)c2nc(C)sc2n1. The maximum Gasteiger partial charge on any atom is 0.161 e. The van der Waals surface area contributed by atoms with E-state index in [9.17, 15) is 0 Å². The molecule has 0 aliphatic heterocycles. The average molecular weight is 284 g/mol. The van der Waals surface area contributed by atoms with Crippen LogP contribution in [-0.2, 0) is 0 Å². The minimum absolute atomic E-state index is 0.759. The van der Waals surface area contributed by atoms with Gasteiger partial charge in [0.05, 0.1) is 5.01 Å². The molecule has 2 heterocycles. The smallest absolute Gasteiger partial charge is 0.161 e. The van der Waals surface area contributed by atoms with Crippen LogP contribution >= 0.6 is 11.3 Å². The zero-order valence-corrected chi connectivity index (χ0v) is 12.8. The molecule has 5 heteroatoms. The van der Waals surface area contributed by atoms with Gasteiger partial charge in [0, 0.05) is 5.69 Å². The second-order valence-electron chi connectivity index (χ2n) is 4.90. The molecule has 0 fully saturated rings. The predicted octanol–water partition coefficient (Wildman–Crippen LogP) is 4.06. The van der Waals surface area contributed by atoms with Crippen molar-refractivity contribution in [3.63, 3.8) is 0 Å². The van der Waals surface area contributed by atoms with Crippen molar-refractivity contribution < 1.29 is 0 Å². The Hall–Kier alpha value is -2.01. The number of hydrogen-bond donors (Lipinski definition) is 1. The second kappa shape index (κ2) is 4.83. The first-order valence-corrected chi connectivity index (χ1v) is 7.31. The highest BCUT2D eigenvalue weighted by Crippen LogP contribution is 2.29. The van der Waals surface area contributed by atoms with Gasteiger partial charge in [-0.2, -0.15) is 0 Å². The van der Waals surface area contributed by atoms with Gasteiger partial charge < -0.3 is 5.32 Å². The molecule has 20 heavy (non-hydrogen) atoms. The molecule has 0 amide bonds. The van der Waals surface area contributed by atoms with E-state index in [1.165, 1.54) is 11.1 Å². The summed E-state index contributed by atoms with van der Waals surface area (Å²) in [5.74, 6) is 1.55. The number of aryl methyl sites for hydroxylation is 4. The van der Waals surface area contributed by atoms with Crippen molar-refractivity contribution >= 4 is 33.2 Å². The predicted molar refractivity (Wildman–Crippen MR) is 83.9 cm³/mol. The van der Waals surface area contributed by atoms with Crippen LogP contribution in [0.15, 0.2) is 18.2 Å². The van der Waals surface area contributed by atoms with Gasteiger partial charge in [-0.05, 0) is 38.8 Å². The lowest BCUT2D eigenvalue weighted by Gasteiger charge is -2.12.